The lowest BCUT2D eigenvalue weighted by Crippen LogP contribution is -2.04. The van der Waals surface area contributed by atoms with Gasteiger partial charge in [0, 0.05) is 22.9 Å². The van der Waals surface area contributed by atoms with Crippen LogP contribution in [0.15, 0.2) is 18.2 Å². The molecule has 1 aromatic carbocycles. The Morgan fingerprint density at radius 3 is 2.10 bits per heavy atom. The van der Waals surface area contributed by atoms with Crippen molar-refractivity contribution in [1.29, 1.82) is 0 Å². The van der Waals surface area contributed by atoms with Crippen LogP contribution in [0.4, 0.5) is 5.82 Å². The first-order valence-corrected chi connectivity index (χ1v) is 6.45. The second-order valence-corrected chi connectivity index (χ2v) is 4.45. The van der Waals surface area contributed by atoms with E-state index in [-0.39, 0.29) is 0 Å². The van der Waals surface area contributed by atoms with Gasteiger partial charge in [-0.15, -0.1) is 0 Å². The third-order valence-electron chi connectivity index (χ3n) is 3.21. The summed E-state index contributed by atoms with van der Waals surface area (Å²) < 4.78 is 10.5. The first-order valence-electron chi connectivity index (χ1n) is 6.45. The van der Waals surface area contributed by atoms with E-state index in [9.17, 15) is 0 Å². The fourth-order valence-electron chi connectivity index (χ4n) is 2.12. The van der Waals surface area contributed by atoms with E-state index < -0.39 is 0 Å². The summed E-state index contributed by atoms with van der Waals surface area (Å²) in [5.41, 5.74) is 8.71. The van der Waals surface area contributed by atoms with Gasteiger partial charge < -0.3 is 15.2 Å². The Bertz CT molecular complexity index is 581. The maximum Gasteiger partial charge on any atom is 0.162 e. The van der Waals surface area contributed by atoms with Crippen molar-refractivity contribution in [3.8, 4) is 22.9 Å². The monoisotopic (exact) mass is 273 g/mol. The number of anilines is 1. The largest absolute Gasteiger partial charge is 0.497 e. The Morgan fingerprint density at radius 1 is 1.05 bits per heavy atom. The minimum absolute atomic E-state index is 0.525. The summed E-state index contributed by atoms with van der Waals surface area (Å²) in [5.74, 6) is 2.49. The Kier molecular flexibility index (Phi) is 4.08. The van der Waals surface area contributed by atoms with Gasteiger partial charge >= 0.3 is 0 Å². The third kappa shape index (κ3) is 2.66. The first-order chi connectivity index (χ1) is 9.58. The Hall–Kier alpha value is -2.30. The number of hydrogen-bond acceptors (Lipinski definition) is 5. The van der Waals surface area contributed by atoms with Crippen LogP contribution in [0.3, 0.4) is 0 Å². The number of hydrogen-bond donors (Lipinski definition) is 1. The van der Waals surface area contributed by atoms with Crippen LogP contribution < -0.4 is 15.2 Å². The molecule has 0 spiro atoms. The van der Waals surface area contributed by atoms with Gasteiger partial charge in [0.25, 0.3) is 0 Å². The predicted octanol–water partition coefficient (Wildman–Crippen LogP) is 2.61. The van der Waals surface area contributed by atoms with Gasteiger partial charge in [0.05, 0.1) is 14.2 Å². The van der Waals surface area contributed by atoms with Gasteiger partial charge in [-0.3, -0.25) is 0 Å². The van der Waals surface area contributed by atoms with Gasteiger partial charge in [-0.2, -0.15) is 0 Å². The van der Waals surface area contributed by atoms with E-state index in [0.717, 1.165) is 23.2 Å². The molecule has 0 atom stereocenters. The van der Waals surface area contributed by atoms with E-state index in [0.29, 0.717) is 23.1 Å². The zero-order valence-corrected chi connectivity index (χ0v) is 12.2. The van der Waals surface area contributed by atoms with Crippen LogP contribution in [0.2, 0.25) is 0 Å². The molecule has 0 aliphatic heterocycles. The Morgan fingerprint density at radius 2 is 1.65 bits per heavy atom. The van der Waals surface area contributed by atoms with E-state index >= 15 is 0 Å². The number of rotatable bonds is 4. The van der Waals surface area contributed by atoms with Gasteiger partial charge in [-0.05, 0) is 25.5 Å². The van der Waals surface area contributed by atoms with Crippen molar-refractivity contribution in [3.05, 3.63) is 29.5 Å². The fourth-order valence-corrected chi connectivity index (χ4v) is 2.12. The van der Waals surface area contributed by atoms with Crippen molar-refractivity contribution in [2.45, 2.75) is 20.3 Å². The van der Waals surface area contributed by atoms with E-state index in [1.807, 2.05) is 26.0 Å². The van der Waals surface area contributed by atoms with E-state index in [2.05, 4.69) is 9.97 Å². The van der Waals surface area contributed by atoms with Gasteiger partial charge in [0.2, 0.25) is 0 Å². The number of nitrogens with zero attached hydrogens (tertiary/aromatic N) is 2. The van der Waals surface area contributed by atoms with Crippen molar-refractivity contribution in [2.24, 2.45) is 0 Å². The molecule has 1 aromatic heterocycles. The second-order valence-electron chi connectivity index (χ2n) is 4.45. The van der Waals surface area contributed by atoms with Crippen molar-refractivity contribution in [1.82, 2.24) is 9.97 Å². The first kappa shape index (κ1) is 14.1. The summed E-state index contributed by atoms with van der Waals surface area (Å²) in [6.45, 7) is 3.98. The molecule has 0 unspecified atom stereocenters. The molecule has 0 aliphatic carbocycles. The van der Waals surface area contributed by atoms with Gasteiger partial charge in [0.15, 0.2) is 5.82 Å². The highest BCUT2D eigenvalue weighted by molar-refractivity contribution is 5.63. The molecular formula is C15H19N3O2. The minimum Gasteiger partial charge on any atom is -0.497 e. The molecule has 5 nitrogen and oxygen atoms in total. The van der Waals surface area contributed by atoms with Crippen LogP contribution in [0.25, 0.3) is 11.4 Å². The number of benzene rings is 1. The van der Waals surface area contributed by atoms with Crippen LogP contribution in [0.1, 0.15) is 18.2 Å². The third-order valence-corrected chi connectivity index (χ3v) is 3.21. The lowest BCUT2D eigenvalue weighted by molar-refractivity contribution is 0.394. The van der Waals surface area contributed by atoms with Gasteiger partial charge in [0.1, 0.15) is 17.3 Å². The van der Waals surface area contributed by atoms with Crippen LogP contribution in [0.5, 0.6) is 11.5 Å². The summed E-state index contributed by atoms with van der Waals surface area (Å²) in [6, 6.07) is 5.53. The molecular weight excluding hydrogens is 254 g/mol. The minimum atomic E-state index is 0.525. The molecule has 2 N–H and O–H groups in total. The normalized spacial score (nSPS) is 10.4. The molecule has 0 radical (unpaired) electrons. The fraction of sp³-hybridized carbons (Fsp3) is 0.333. The predicted molar refractivity (Wildman–Crippen MR) is 79.1 cm³/mol. The molecule has 0 aliphatic rings. The highest BCUT2D eigenvalue weighted by atomic mass is 16.5. The second kappa shape index (κ2) is 5.77. The summed E-state index contributed by atoms with van der Waals surface area (Å²) >= 11 is 0. The Labute approximate surface area is 118 Å². The van der Waals surface area contributed by atoms with E-state index in [4.69, 9.17) is 15.2 Å². The highest BCUT2D eigenvalue weighted by Gasteiger charge is 2.11. The van der Waals surface area contributed by atoms with Crippen molar-refractivity contribution in [3.63, 3.8) is 0 Å². The number of nitrogens with two attached hydrogens (primary N) is 1. The van der Waals surface area contributed by atoms with Crippen molar-refractivity contribution in [2.75, 3.05) is 20.0 Å². The number of nitrogen functional groups attached to an aromatic ring is 1. The van der Waals surface area contributed by atoms with Crippen LogP contribution in [-0.4, -0.2) is 24.2 Å². The van der Waals surface area contributed by atoms with Crippen LogP contribution in [0, 0.1) is 6.92 Å². The molecule has 1 heterocycles. The Balaban J connectivity index is 2.56. The molecule has 5 heteroatoms. The summed E-state index contributed by atoms with van der Waals surface area (Å²) in [4.78, 5) is 8.91. The van der Waals surface area contributed by atoms with Gasteiger partial charge in [-0.25, -0.2) is 9.97 Å². The zero-order valence-electron chi connectivity index (χ0n) is 12.2. The summed E-state index contributed by atoms with van der Waals surface area (Å²) in [6.07, 6.45) is 0.819. The number of methoxy groups -OCH3 is 2. The number of aryl methyl sites for hydroxylation is 1. The van der Waals surface area contributed by atoms with Crippen LogP contribution >= 0.6 is 0 Å². The SMILES string of the molecule is CCc1c(C)nc(-c2cc(OC)cc(OC)c2)nc1N. The molecule has 0 bridgehead atoms. The quantitative estimate of drug-likeness (QED) is 0.927. The molecule has 2 rings (SSSR count). The lowest BCUT2D eigenvalue weighted by atomic mass is 10.1. The molecule has 106 valence electrons. The van der Waals surface area contributed by atoms with E-state index in [1.54, 1.807) is 20.3 Å². The molecule has 0 amide bonds. The van der Waals surface area contributed by atoms with Crippen molar-refractivity contribution >= 4 is 5.82 Å². The highest BCUT2D eigenvalue weighted by Crippen LogP contribution is 2.29. The summed E-state index contributed by atoms with van der Waals surface area (Å²) in [7, 11) is 3.22. The lowest BCUT2D eigenvalue weighted by Gasteiger charge is -2.11. The number of ether oxygens (including phenoxy) is 2. The standard InChI is InChI=1S/C15H19N3O2/c1-5-13-9(2)17-15(18-14(13)16)10-6-11(19-3)8-12(7-10)20-4/h6-8H,5H2,1-4H3,(H2,16,17,18). The molecule has 0 saturated carbocycles. The van der Waals surface area contributed by atoms with Crippen molar-refractivity contribution < 1.29 is 9.47 Å². The topological polar surface area (TPSA) is 70.3 Å². The molecule has 2 aromatic rings. The summed E-state index contributed by atoms with van der Waals surface area (Å²) in [5, 5.41) is 0. The maximum absolute atomic E-state index is 6.00. The average Bonchev–Trinajstić information content (AvgIpc) is 2.46. The maximum atomic E-state index is 6.00. The van der Waals surface area contributed by atoms with Gasteiger partial charge in [-0.1, -0.05) is 6.92 Å². The molecule has 0 fully saturated rings. The average molecular weight is 273 g/mol. The smallest absolute Gasteiger partial charge is 0.162 e. The number of aromatic nitrogens is 2. The van der Waals surface area contributed by atoms with E-state index in [1.165, 1.54) is 0 Å². The zero-order chi connectivity index (χ0) is 14.7. The van der Waals surface area contributed by atoms with Crippen LogP contribution in [-0.2, 0) is 6.42 Å². The molecule has 20 heavy (non-hydrogen) atoms. The molecule has 0 saturated heterocycles.